The van der Waals surface area contributed by atoms with Crippen molar-refractivity contribution in [3.63, 3.8) is 0 Å². The molecule has 0 saturated carbocycles. The van der Waals surface area contributed by atoms with Crippen LogP contribution < -0.4 is 0 Å². The lowest BCUT2D eigenvalue weighted by Gasteiger charge is -2.42. The predicted molar refractivity (Wildman–Crippen MR) is 135 cm³/mol. The Balaban J connectivity index is 1.54. The first-order valence-corrected chi connectivity index (χ1v) is 13.5. The van der Waals surface area contributed by atoms with Crippen LogP contribution in [0.25, 0.3) is 16.6 Å². The third-order valence-corrected chi connectivity index (χ3v) is 8.72. The van der Waals surface area contributed by atoms with Crippen molar-refractivity contribution < 1.29 is 17.3 Å². The molecule has 0 aliphatic carbocycles. The van der Waals surface area contributed by atoms with Gasteiger partial charge in [-0.3, -0.25) is 4.90 Å². The van der Waals surface area contributed by atoms with Gasteiger partial charge in [0, 0.05) is 37.6 Å². The number of benzene rings is 2. The smallest absolute Gasteiger partial charge is 0.248 e. The second-order valence-corrected chi connectivity index (χ2v) is 11.7. The number of piperazine rings is 1. The van der Waals surface area contributed by atoms with Crippen LogP contribution >= 0.6 is 0 Å². The van der Waals surface area contributed by atoms with Gasteiger partial charge in [0.15, 0.2) is 0 Å². The van der Waals surface area contributed by atoms with Gasteiger partial charge in [-0.05, 0) is 67.3 Å². The molecule has 1 atom stereocenters. The van der Waals surface area contributed by atoms with E-state index in [1.165, 1.54) is 18.4 Å². The number of fused-ring (bicyclic) bond motifs is 1. The fourth-order valence-corrected chi connectivity index (χ4v) is 6.52. The summed E-state index contributed by atoms with van der Waals surface area (Å²) < 4.78 is 48.5. The molecule has 8 nitrogen and oxygen atoms in total. The molecule has 1 aliphatic rings. The topological polar surface area (TPSA) is 84.5 Å². The van der Waals surface area contributed by atoms with E-state index in [-0.39, 0.29) is 16.8 Å². The molecular weight excluding hydrogens is 481 g/mol. The molecule has 1 fully saturated rings. The van der Waals surface area contributed by atoms with Crippen molar-refractivity contribution >= 4 is 20.9 Å². The first kappa shape index (κ1) is 24.6. The zero-order valence-electron chi connectivity index (χ0n) is 20.8. The monoisotopic (exact) mass is 511 g/mol. The predicted octanol–water partition coefficient (Wildman–Crippen LogP) is 4.47. The number of aromatic nitrogens is 3. The normalized spacial score (nSPS) is 17.9. The maximum atomic E-state index is 13.4. The van der Waals surface area contributed by atoms with E-state index >= 15 is 0 Å². The number of halogens is 1. The summed E-state index contributed by atoms with van der Waals surface area (Å²) in [5.74, 6) is 0.137. The van der Waals surface area contributed by atoms with Crippen LogP contribution in [0.2, 0.25) is 0 Å². The summed E-state index contributed by atoms with van der Waals surface area (Å²) in [4.78, 5) is 2.49. The van der Waals surface area contributed by atoms with Crippen molar-refractivity contribution in [2.45, 2.75) is 38.6 Å². The van der Waals surface area contributed by atoms with Gasteiger partial charge in [0.05, 0.1) is 17.4 Å². The third kappa shape index (κ3) is 4.44. The van der Waals surface area contributed by atoms with Crippen molar-refractivity contribution in [1.29, 1.82) is 0 Å². The molecule has 0 N–H and O–H groups in total. The number of rotatable bonds is 6. The van der Waals surface area contributed by atoms with Crippen LogP contribution in [-0.2, 0) is 10.0 Å². The molecule has 0 spiro atoms. The minimum Gasteiger partial charge on any atom is -0.363 e. The maximum Gasteiger partial charge on any atom is 0.248 e. The number of hydrogen-bond acceptors (Lipinski definition) is 6. The molecule has 10 heteroatoms. The highest BCUT2D eigenvalue weighted by atomic mass is 32.2. The molecule has 5 rings (SSSR count). The third-order valence-electron chi connectivity index (χ3n) is 6.76. The summed E-state index contributed by atoms with van der Waals surface area (Å²) in [7, 11) is -3.73. The standard InChI is InChI=1S/C26H30FN5O3S/c1-17(2)14-30-9-10-31(36(33,34)26-16-35-29-19(26)4)15-25(30)23-12-20-13-28-32(24(20)11-18(23)3)22-7-5-21(27)6-8-22/h5-8,11-13,16-17,25H,9-10,14-15H2,1-4H3/t25-/m0/s1. The average Bonchev–Trinajstić information content (AvgIpc) is 3.45. The molecule has 0 bridgehead atoms. The first-order chi connectivity index (χ1) is 17.1. The SMILES string of the molecule is Cc1cc2c(cnn2-c2ccc(F)cc2)cc1[C@@H]1CN(S(=O)(=O)c2conc2C)CCN1CC(C)C. The molecule has 4 aromatic rings. The molecule has 36 heavy (non-hydrogen) atoms. The minimum atomic E-state index is -3.73. The molecule has 3 heterocycles. The molecule has 1 aliphatic heterocycles. The maximum absolute atomic E-state index is 13.4. The number of hydrogen-bond donors (Lipinski definition) is 0. The molecule has 2 aromatic heterocycles. The van der Waals surface area contributed by atoms with Crippen LogP contribution in [-0.4, -0.2) is 58.7 Å². The van der Waals surface area contributed by atoms with Gasteiger partial charge in [0.1, 0.15) is 22.7 Å². The summed E-state index contributed by atoms with van der Waals surface area (Å²) in [5.41, 5.74) is 4.17. The second-order valence-electron chi connectivity index (χ2n) is 9.83. The Kier molecular flexibility index (Phi) is 6.44. The van der Waals surface area contributed by atoms with E-state index < -0.39 is 10.0 Å². The Labute approximate surface area is 210 Å². The molecular formula is C26H30FN5O3S. The number of sulfonamides is 1. The Morgan fingerprint density at radius 1 is 1.14 bits per heavy atom. The summed E-state index contributed by atoms with van der Waals surface area (Å²) in [6, 6.07) is 10.3. The van der Waals surface area contributed by atoms with E-state index in [0.717, 1.165) is 34.3 Å². The van der Waals surface area contributed by atoms with Gasteiger partial charge in [0.2, 0.25) is 10.0 Å². The molecule has 0 amide bonds. The van der Waals surface area contributed by atoms with E-state index in [1.54, 1.807) is 34.2 Å². The van der Waals surface area contributed by atoms with E-state index in [9.17, 15) is 12.8 Å². The van der Waals surface area contributed by atoms with Crippen LogP contribution in [0.4, 0.5) is 4.39 Å². The summed E-state index contributed by atoms with van der Waals surface area (Å²) in [6.45, 7) is 10.2. The Morgan fingerprint density at radius 3 is 2.56 bits per heavy atom. The second kappa shape index (κ2) is 9.42. The lowest BCUT2D eigenvalue weighted by atomic mass is 9.96. The highest BCUT2D eigenvalue weighted by Gasteiger charge is 2.37. The van der Waals surface area contributed by atoms with Gasteiger partial charge in [-0.2, -0.15) is 9.40 Å². The van der Waals surface area contributed by atoms with Crippen LogP contribution in [0.15, 0.2) is 58.3 Å². The summed E-state index contributed by atoms with van der Waals surface area (Å²) >= 11 is 0. The zero-order chi connectivity index (χ0) is 25.6. The van der Waals surface area contributed by atoms with Crippen LogP contribution in [0.5, 0.6) is 0 Å². The number of nitrogens with zero attached hydrogens (tertiary/aromatic N) is 5. The highest BCUT2D eigenvalue weighted by Crippen LogP contribution is 2.34. The highest BCUT2D eigenvalue weighted by molar-refractivity contribution is 7.89. The van der Waals surface area contributed by atoms with Crippen molar-refractivity contribution in [3.8, 4) is 5.69 Å². The number of aryl methyl sites for hydroxylation is 2. The Hall–Kier alpha value is -3.08. The van der Waals surface area contributed by atoms with Crippen molar-refractivity contribution in [1.82, 2.24) is 24.1 Å². The van der Waals surface area contributed by atoms with Crippen molar-refractivity contribution in [3.05, 3.63) is 71.5 Å². The van der Waals surface area contributed by atoms with Crippen molar-refractivity contribution in [2.75, 3.05) is 26.2 Å². The van der Waals surface area contributed by atoms with E-state index in [4.69, 9.17) is 4.52 Å². The van der Waals surface area contributed by atoms with E-state index in [1.807, 2.05) is 6.92 Å². The fourth-order valence-electron chi connectivity index (χ4n) is 5.01. The molecule has 2 aromatic carbocycles. The van der Waals surface area contributed by atoms with E-state index in [0.29, 0.717) is 31.2 Å². The fraction of sp³-hybridized carbons (Fsp3) is 0.385. The van der Waals surface area contributed by atoms with Gasteiger partial charge in [-0.1, -0.05) is 19.0 Å². The lowest BCUT2D eigenvalue weighted by molar-refractivity contribution is 0.105. The van der Waals surface area contributed by atoms with Gasteiger partial charge in [-0.15, -0.1) is 0 Å². The van der Waals surface area contributed by atoms with Crippen LogP contribution in [0.3, 0.4) is 0 Å². The zero-order valence-corrected chi connectivity index (χ0v) is 21.7. The van der Waals surface area contributed by atoms with Crippen LogP contribution in [0.1, 0.15) is 36.7 Å². The van der Waals surface area contributed by atoms with Gasteiger partial charge in [-0.25, -0.2) is 17.5 Å². The van der Waals surface area contributed by atoms with Gasteiger partial charge in [0.25, 0.3) is 0 Å². The average molecular weight is 512 g/mol. The first-order valence-electron chi connectivity index (χ1n) is 12.0. The quantitative estimate of drug-likeness (QED) is 0.380. The largest absolute Gasteiger partial charge is 0.363 e. The van der Waals surface area contributed by atoms with Gasteiger partial charge >= 0.3 is 0 Å². The summed E-state index contributed by atoms with van der Waals surface area (Å²) in [6.07, 6.45) is 3.01. The lowest BCUT2D eigenvalue weighted by Crippen LogP contribution is -2.51. The molecule has 1 saturated heterocycles. The summed E-state index contributed by atoms with van der Waals surface area (Å²) in [5, 5.41) is 9.26. The minimum absolute atomic E-state index is 0.116. The van der Waals surface area contributed by atoms with Crippen LogP contribution in [0, 0.1) is 25.6 Å². The van der Waals surface area contributed by atoms with E-state index in [2.05, 4.69) is 41.1 Å². The molecule has 0 radical (unpaired) electrons. The Morgan fingerprint density at radius 2 is 1.89 bits per heavy atom. The molecule has 0 unspecified atom stereocenters. The van der Waals surface area contributed by atoms with Gasteiger partial charge < -0.3 is 4.52 Å². The Bertz CT molecular complexity index is 1490. The molecule has 190 valence electrons. The van der Waals surface area contributed by atoms with Crippen molar-refractivity contribution in [2.24, 2.45) is 5.92 Å².